The van der Waals surface area contributed by atoms with E-state index in [4.69, 9.17) is 10.5 Å². The van der Waals surface area contributed by atoms with E-state index in [1.807, 2.05) is 23.1 Å². The van der Waals surface area contributed by atoms with Gasteiger partial charge in [0.25, 0.3) is 0 Å². The molecule has 1 aromatic rings. The van der Waals surface area contributed by atoms with Crippen LogP contribution in [-0.4, -0.2) is 45.8 Å². The molecule has 0 bridgehead atoms. The first-order valence-electron chi connectivity index (χ1n) is 7.40. The number of nitrogens with zero attached hydrogens (tertiary/aromatic N) is 2. The van der Waals surface area contributed by atoms with Gasteiger partial charge in [0.2, 0.25) is 5.91 Å². The highest BCUT2D eigenvalue weighted by Crippen LogP contribution is 2.33. The number of para-hydroxylation sites is 2. The summed E-state index contributed by atoms with van der Waals surface area (Å²) in [6, 6.07) is 8.04. The summed E-state index contributed by atoms with van der Waals surface area (Å²) in [6.07, 6.45) is 0.0959. The molecule has 0 aromatic heterocycles. The van der Waals surface area contributed by atoms with Gasteiger partial charge >= 0.3 is 0 Å². The van der Waals surface area contributed by atoms with Gasteiger partial charge in [-0.1, -0.05) is 19.1 Å². The topological polar surface area (TPSA) is 58.8 Å². The predicted octanol–water partition coefficient (Wildman–Crippen LogP) is 1.47. The molecule has 0 fully saturated rings. The second-order valence-corrected chi connectivity index (χ2v) is 5.78. The smallest absolute Gasteiger partial charge is 0.229 e. The Morgan fingerprint density at radius 1 is 1.38 bits per heavy atom. The molecule has 5 heteroatoms. The Balaban J connectivity index is 2.28. The van der Waals surface area contributed by atoms with Crippen LogP contribution in [0.1, 0.15) is 13.3 Å². The molecule has 0 saturated heterocycles. The fourth-order valence-corrected chi connectivity index (χ4v) is 2.85. The number of nitrogens with two attached hydrogens (primary N) is 1. The van der Waals surface area contributed by atoms with Crippen LogP contribution in [0, 0.1) is 5.92 Å². The maximum absolute atomic E-state index is 12.7. The molecule has 1 aromatic carbocycles. The lowest BCUT2D eigenvalue weighted by molar-refractivity contribution is -0.120. The van der Waals surface area contributed by atoms with Gasteiger partial charge in [-0.3, -0.25) is 4.79 Å². The van der Waals surface area contributed by atoms with Crippen LogP contribution in [0.25, 0.3) is 0 Å². The van der Waals surface area contributed by atoms with Crippen molar-refractivity contribution in [3.05, 3.63) is 24.3 Å². The average molecular weight is 291 g/mol. The van der Waals surface area contributed by atoms with Crippen LogP contribution in [0.2, 0.25) is 0 Å². The number of amides is 1. The van der Waals surface area contributed by atoms with Gasteiger partial charge in [-0.2, -0.15) is 0 Å². The number of anilines is 2. The van der Waals surface area contributed by atoms with Gasteiger partial charge in [0.15, 0.2) is 0 Å². The van der Waals surface area contributed by atoms with Crippen LogP contribution in [0.3, 0.4) is 0 Å². The number of ether oxygens (including phenoxy) is 1. The summed E-state index contributed by atoms with van der Waals surface area (Å²) >= 11 is 0. The van der Waals surface area contributed by atoms with Crippen LogP contribution >= 0.6 is 0 Å². The Kier molecular flexibility index (Phi) is 5.20. The molecule has 0 aliphatic carbocycles. The van der Waals surface area contributed by atoms with Crippen LogP contribution in [0.4, 0.5) is 11.4 Å². The first-order valence-corrected chi connectivity index (χ1v) is 7.40. The van der Waals surface area contributed by atoms with Gasteiger partial charge in [0.05, 0.1) is 23.9 Å². The number of carbonyl (C=O) groups is 1. The Labute approximate surface area is 126 Å². The van der Waals surface area contributed by atoms with E-state index in [-0.39, 0.29) is 12.0 Å². The normalized spacial score (nSPS) is 19.9. The van der Waals surface area contributed by atoms with E-state index in [0.717, 1.165) is 24.5 Å². The maximum atomic E-state index is 12.7. The molecule has 2 unspecified atom stereocenters. The quantitative estimate of drug-likeness (QED) is 0.912. The molecule has 0 radical (unpaired) electrons. The van der Waals surface area contributed by atoms with E-state index in [0.29, 0.717) is 18.9 Å². The number of carbonyl (C=O) groups excluding carboxylic acids is 1. The van der Waals surface area contributed by atoms with E-state index in [9.17, 15) is 4.79 Å². The van der Waals surface area contributed by atoms with E-state index in [2.05, 4.69) is 24.9 Å². The third-order valence-electron chi connectivity index (χ3n) is 3.96. The minimum atomic E-state index is -0.221. The zero-order valence-corrected chi connectivity index (χ0v) is 13.1. The molecule has 0 saturated carbocycles. The van der Waals surface area contributed by atoms with Gasteiger partial charge in [0.1, 0.15) is 0 Å². The second kappa shape index (κ2) is 6.91. The Bertz CT molecular complexity index is 488. The summed E-state index contributed by atoms with van der Waals surface area (Å²) < 4.78 is 5.25. The van der Waals surface area contributed by atoms with Gasteiger partial charge < -0.3 is 20.3 Å². The van der Waals surface area contributed by atoms with Gasteiger partial charge in [-0.05, 0) is 18.1 Å². The Morgan fingerprint density at radius 2 is 2.05 bits per heavy atom. The minimum Gasteiger partial charge on any atom is -0.380 e. The van der Waals surface area contributed by atoms with E-state index >= 15 is 0 Å². The SMILES string of the molecule is COC(CN)CC(=O)N1CC(C)CN(C)c2ccccc21. The molecule has 2 rings (SSSR count). The fourth-order valence-electron chi connectivity index (χ4n) is 2.85. The number of rotatable bonds is 4. The zero-order valence-electron chi connectivity index (χ0n) is 13.1. The number of fused-ring (bicyclic) bond motifs is 1. The van der Waals surface area contributed by atoms with Crippen molar-refractivity contribution in [3.8, 4) is 0 Å². The monoisotopic (exact) mass is 291 g/mol. The highest BCUT2D eigenvalue weighted by atomic mass is 16.5. The van der Waals surface area contributed by atoms with Crippen molar-refractivity contribution in [3.63, 3.8) is 0 Å². The molecule has 1 heterocycles. The lowest BCUT2D eigenvalue weighted by atomic mass is 10.1. The molecule has 116 valence electrons. The van der Waals surface area contributed by atoms with Crippen molar-refractivity contribution in [2.45, 2.75) is 19.4 Å². The third kappa shape index (κ3) is 3.54. The van der Waals surface area contributed by atoms with Crippen LogP contribution in [-0.2, 0) is 9.53 Å². The fraction of sp³-hybridized carbons (Fsp3) is 0.562. The summed E-state index contributed by atoms with van der Waals surface area (Å²) in [7, 11) is 3.67. The highest BCUT2D eigenvalue weighted by molar-refractivity contribution is 5.97. The highest BCUT2D eigenvalue weighted by Gasteiger charge is 2.27. The molecule has 2 N–H and O–H groups in total. The summed E-state index contributed by atoms with van der Waals surface area (Å²) in [5, 5.41) is 0. The van der Waals surface area contributed by atoms with Gasteiger partial charge in [-0.25, -0.2) is 0 Å². The second-order valence-electron chi connectivity index (χ2n) is 5.78. The lowest BCUT2D eigenvalue weighted by Crippen LogP contribution is -2.38. The summed E-state index contributed by atoms with van der Waals surface area (Å²) in [5.41, 5.74) is 7.70. The molecule has 5 nitrogen and oxygen atoms in total. The molecule has 1 aliphatic rings. The number of hydrogen-bond acceptors (Lipinski definition) is 4. The summed E-state index contributed by atoms with van der Waals surface area (Å²) in [6.45, 7) is 4.18. The standard InChI is InChI=1S/C16H25N3O2/c1-12-10-18(2)14-6-4-5-7-15(14)19(11-12)16(20)8-13(9-17)21-3/h4-7,12-13H,8-11,17H2,1-3H3. The number of hydrogen-bond donors (Lipinski definition) is 1. The van der Waals surface area contributed by atoms with Crippen molar-refractivity contribution in [2.24, 2.45) is 11.7 Å². The third-order valence-corrected chi connectivity index (χ3v) is 3.96. The molecule has 21 heavy (non-hydrogen) atoms. The van der Waals surface area contributed by atoms with Gasteiger partial charge in [0, 0.05) is 33.8 Å². The summed E-state index contributed by atoms with van der Waals surface area (Å²) in [4.78, 5) is 16.8. The minimum absolute atomic E-state index is 0.0712. The van der Waals surface area contributed by atoms with E-state index < -0.39 is 0 Å². The molecular formula is C16H25N3O2. The Morgan fingerprint density at radius 3 is 2.67 bits per heavy atom. The molecule has 1 aliphatic heterocycles. The summed E-state index contributed by atoms with van der Waals surface area (Å²) in [5.74, 6) is 0.479. The zero-order chi connectivity index (χ0) is 15.4. The average Bonchev–Trinajstić information content (AvgIpc) is 2.61. The molecule has 1 amide bonds. The number of benzene rings is 1. The van der Waals surface area contributed by atoms with Crippen molar-refractivity contribution in [2.75, 3.05) is 43.6 Å². The maximum Gasteiger partial charge on any atom is 0.229 e. The molecule has 0 spiro atoms. The van der Waals surface area contributed by atoms with Crippen molar-refractivity contribution in [1.29, 1.82) is 0 Å². The lowest BCUT2D eigenvalue weighted by Gasteiger charge is -2.26. The van der Waals surface area contributed by atoms with Crippen LogP contribution in [0.15, 0.2) is 24.3 Å². The molecular weight excluding hydrogens is 266 g/mol. The van der Waals surface area contributed by atoms with Crippen molar-refractivity contribution >= 4 is 17.3 Å². The van der Waals surface area contributed by atoms with Crippen molar-refractivity contribution in [1.82, 2.24) is 0 Å². The van der Waals surface area contributed by atoms with Crippen LogP contribution in [0.5, 0.6) is 0 Å². The largest absolute Gasteiger partial charge is 0.380 e. The Hall–Kier alpha value is -1.59. The number of methoxy groups -OCH3 is 1. The predicted molar refractivity (Wildman–Crippen MR) is 85.7 cm³/mol. The first kappa shape index (κ1) is 15.8. The first-order chi connectivity index (χ1) is 10.1. The van der Waals surface area contributed by atoms with Crippen molar-refractivity contribution < 1.29 is 9.53 Å². The van der Waals surface area contributed by atoms with E-state index in [1.165, 1.54) is 0 Å². The van der Waals surface area contributed by atoms with Crippen LogP contribution < -0.4 is 15.5 Å². The molecule has 2 atom stereocenters. The van der Waals surface area contributed by atoms with Gasteiger partial charge in [-0.15, -0.1) is 0 Å². The van der Waals surface area contributed by atoms with E-state index in [1.54, 1.807) is 7.11 Å².